The van der Waals surface area contributed by atoms with Gasteiger partial charge in [-0.2, -0.15) is 0 Å². The second-order valence-corrected chi connectivity index (χ2v) is 9.32. The number of carbonyl (C=O) groups is 1. The summed E-state index contributed by atoms with van der Waals surface area (Å²) in [5, 5.41) is 1.30. The fourth-order valence-electron chi connectivity index (χ4n) is 2.87. The highest BCUT2D eigenvalue weighted by atomic mass is 32.2. The van der Waals surface area contributed by atoms with Crippen molar-refractivity contribution in [2.24, 2.45) is 0 Å². The lowest BCUT2D eigenvalue weighted by atomic mass is 10.2. The fraction of sp³-hybridized carbons (Fsp3) is 0.438. The molecular formula is C16H19N3O4S2. The summed E-state index contributed by atoms with van der Waals surface area (Å²) in [4.78, 5) is 30.8. The number of amides is 1. The molecule has 7 nitrogen and oxygen atoms in total. The molecule has 1 saturated heterocycles. The largest absolute Gasteiger partial charge is 0.340 e. The Hall–Kier alpha value is -2.00. The van der Waals surface area contributed by atoms with E-state index in [9.17, 15) is 18.0 Å². The number of thiophene rings is 1. The highest BCUT2D eigenvalue weighted by Gasteiger charge is 2.33. The van der Waals surface area contributed by atoms with Gasteiger partial charge in [-0.25, -0.2) is 13.4 Å². The van der Waals surface area contributed by atoms with E-state index in [0.717, 1.165) is 4.88 Å². The third kappa shape index (κ3) is 3.98. The van der Waals surface area contributed by atoms with Crippen LogP contribution in [0.4, 0.5) is 0 Å². The Morgan fingerprint density at radius 1 is 1.40 bits per heavy atom. The summed E-state index contributed by atoms with van der Waals surface area (Å²) in [6.07, 6.45) is 1.72. The van der Waals surface area contributed by atoms with Crippen molar-refractivity contribution in [2.45, 2.75) is 25.1 Å². The third-order valence-electron chi connectivity index (χ3n) is 4.28. The van der Waals surface area contributed by atoms with E-state index in [1.807, 2.05) is 17.5 Å². The monoisotopic (exact) mass is 381 g/mol. The molecule has 2 aromatic heterocycles. The summed E-state index contributed by atoms with van der Waals surface area (Å²) in [6, 6.07) is 5.02. The van der Waals surface area contributed by atoms with Crippen molar-refractivity contribution in [3.63, 3.8) is 0 Å². The van der Waals surface area contributed by atoms with Gasteiger partial charge in [0.15, 0.2) is 9.84 Å². The van der Waals surface area contributed by atoms with Crippen molar-refractivity contribution in [1.82, 2.24) is 14.5 Å². The Morgan fingerprint density at radius 2 is 2.20 bits per heavy atom. The maximum absolute atomic E-state index is 12.5. The molecule has 3 rings (SSSR count). The third-order valence-corrected chi connectivity index (χ3v) is 7.52. The molecule has 1 aliphatic rings. The normalized spacial score (nSPS) is 20.2. The second kappa shape index (κ2) is 7.09. The summed E-state index contributed by atoms with van der Waals surface area (Å²) in [5.41, 5.74) is 0.299. The highest BCUT2D eigenvalue weighted by molar-refractivity contribution is 7.91. The maximum Gasteiger partial charge on any atom is 0.253 e. The molecule has 1 aliphatic heterocycles. The first-order valence-corrected chi connectivity index (χ1v) is 10.5. The summed E-state index contributed by atoms with van der Waals surface area (Å²) < 4.78 is 26.3. The Morgan fingerprint density at radius 3 is 2.88 bits per heavy atom. The standard InChI is InChI=1S/C16H19N3O4S2/c1-12-9-15(20)19(11-17-12)10-16(21)18-5-4-14(13-3-2-7-24-13)25(22,23)8-6-18/h2-3,7,9,11,14H,4-6,8,10H2,1H3/t14-/m1/s1. The lowest BCUT2D eigenvalue weighted by Gasteiger charge is -2.20. The molecule has 1 amide bonds. The number of hydrogen-bond donors (Lipinski definition) is 0. The topological polar surface area (TPSA) is 89.3 Å². The first-order valence-electron chi connectivity index (χ1n) is 7.92. The first kappa shape index (κ1) is 17.8. The molecule has 134 valence electrons. The van der Waals surface area contributed by atoms with Crippen molar-refractivity contribution in [3.05, 3.63) is 50.8 Å². The van der Waals surface area contributed by atoms with E-state index < -0.39 is 15.1 Å². The lowest BCUT2D eigenvalue weighted by molar-refractivity contribution is -0.131. The molecule has 0 aliphatic carbocycles. The molecule has 0 unspecified atom stereocenters. The van der Waals surface area contributed by atoms with Gasteiger partial charge < -0.3 is 4.90 Å². The molecule has 25 heavy (non-hydrogen) atoms. The minimum atomic E-state index is -3.30. The van der Waals surface area contributed by atoms with Crippen molar-refractivity contribution in [2.75, 3.05) is 18.8 Å². The summed E-state index contributed by atoms with van der Waals surface area (Å²) >= 11 is 1.42. The number of rotatable bonds is 3. The van der Waals surface area contributed by atoms with E-state index in [2.05, 4.69) is 4.98 Å². The lowest BCUT2D eigenvalue weighted by Crippen LogP contribution is -2.38. The average molecular weight is 381 g/mol. The van der Waals surface area contributed by atoms with Gasteiger partial charge in [0.1, 0.15) is 6.54 Å². The van der Waals surface area contributed by atoms with E-state index >= 15 is 0 Å². The van der Waals surface area contributed by atoms with Crippen LogP contribution in [0, 0.1) is 6.92 Å². The molecule has 0 spiro atoms. The van der Waals surface area contributed by atoms with Crippen molar-refractivity contribution < 1.29 is 13.2 Å². The SMILES string of the molecule is Cc1cc(=O)n(CC(=O)N2CC[C@H](c3cccs3)S(=O)(=O)CC2)cn1. The van der Waals surface area contributed by atoms with Gasteiger partial charge in [0, 0.05) is 29.7 Å². The van der Waals surface area contributed by atoms with Gasteiger partial charge in [0.05, 0.1) is 17.3 Å². The van der Waals surface area contributed by atoms with Gasteiger partial charge in [-0.15, -0.1) is 11.3 Å². The highest BCUT2D eigenvalue weighted by Crippen LogP contribution is 2.32. The molecule has 3 heterocycles. The molecular weight excluding hydrogens is 362 g/mol. The number of sulfone groups is 1. The van der Waals surface area contributed by atoms with Crippen LogP contribution < -0.4 is 5.56 Å². The Bertz CT molecular complexity index is 919. The zero-order valence-electron chi connectivity index (χ0n) is 13.8. The fourth-order valence-corrected chi connectivity index (χ4v) is 5.87. The summed E-state index contributed by atoms with van der Waals surface area (Å²) in [6.45, 7) is 2.08. The minimum Gasteiger partial charge on any atom is -0.340 e. The zero-order valence-corrected chi connectivity index (χ0v) is 15.4. The van der Waals surface area contributed by atoms with Crippen LogP contribution in [0.25, 0.3) is 0 Å². The molecule has 1 atom stereocenters. The molecule has 0 saturated carbocycles. The van der Waals surface area contributed by atoms with Crippen LogP contribution in [0.15, 0.2) is 34.7 Å². The number of hydrogen-bond acceptors (Lipinski definition) is 6. The number of aromatic nitrogens is 2. The first-order chi connectivity index (χ1) is 11.9. The van der Waals surface area contributed by atoms with E-state index in [1.165, 1.54) is 33.2 Å². The Labute approximate surface area is 149 Å². The Kier molecular flexibility index (Phi) is 5.05. The molecule has 0 aromatic carbocycles. The van der Waals surface area contributed by atoms with Crippen molar-refractivity contribution in [3.8, 4) is 0 Å². The van der Waals surface area contributed by atoms with Crippen molar-refractivity contribution >= 4 is 27.1 Å². The molecule has 0 N–H and O–H groups in total. The maximum atomic E-state index is 12.5. The summed E-state index contributed by atoms with van der Waals surface area (Å²) in [5.74, 6) is -0.336. The van der Waals surface area contributed by atoms with Crippen LogP contribution >= 0.6 is 11.3 Å². The zero-order chi connectivity index (χ0) is 18.0. The predicted octanol–water partition coefficient (Wildman–Crippen LogP) is 1.00. The van der Waals surface area contributed by atoms with E-state index in [0.29, 0.717) is 18.7 Å². The number of nitrogens with zero attached hydrogens (tertiary/aromatic N) is 3. The van der Waals surface area contributed by atoms with Crippen LogP contribution in [-0.2, 0) is 21.2 Å². The van der Waals surface area contributed by atoms with Crippen LogP contribution in [0.5, 0.6) is 0 Å². The van der Waals surface area contributed by atoms with Crippen LogP contribution in [-0.4, -0.2) is 47.6 Å². The second-order valence-electron chi connectivity index (χ2n) is 6.04. The molecule has 2 aromatic rings. The van der Waals surface area contributed by atoms with Gasteiger partial charge in [-0.3, -0.25) is 14.2 Å². The van der Waals surface area contributed by atoms with E-state index in [-0.39, 0.29) is 30.3 Å². The van der Waals surface area contributed by atoms with Crippen LogP contribution in [0.1, 0.15) is 22.2 Å². The van der Waals surface area contributed by atoms with Gasteiger partial charge in [0.2, 0.25) is 5.91 Å². The van der Waals surface area contributed by atoms with E-state index in [1.54, 1.807) is 6.92 Å². The number of carbonyl (C=O) groups excluding carboxylic acids is 1. The van der Waals surface area contributed by atoms with E-state index in [4.69, 9.17) is 0 Å². The molecule has 0 radical (unpaired) electrons. The summed E-state index contributed by atoms with van der Waals surface area (Å²) in [7, 11) is -3.30. The van der Waals surface area contributed by atoms with Crippen LogP contribution in [0.3, 0.4) is 0 Å². The van der Waals surface area contributed by atoms with Gasteiger partial charge in [-0.05, 0) is 24.8 Å². The average Bonchev–Trinajstić information content (AvgIpc) is 3.01. The van der Waals surface area contributed by atoms with Gasteiger partial charge in [0.25, 0.3) is 5.56 Å². The minimum absolute atomic E-state index is 0.0671. The molecule has 0 bridgehead atoms. The smallest absolute Gasteiger partial charge is 0.253 e. The van der Waals surface area contributed by atoms with Crippen LogP contribution in [0.2, 0.25) is 0 Å². The van der Waals surface area contributed by atoms with Gasteiger partial charge in [-0.1, -0.05) is 6.07 Å². The molecule has 9 heteroatoms. The Balaban J connectivity index is 1.74. The number of aryl methyl sites for hydroxylation is 1. The van der Waals surface area contributed by atoms with Crippen molar-refractivity contribution in [1.29, 1.82) is 0 Å². The van der Waals surface area contributed by atoms with Gasteiger partial charge >= 0.3 is 0 Å². The molecule has 1 fully saturated rings. The predicted molar refractivity (Wildman–Crippen MR) is 95.3 cm³/mol. The quantitative estimate of drug-likeness (QED) is 0.791.